The van der Waals surface area contributed by atoms with Crippen molar-refractivity contribution in [2.75, 3.05) is 6.61 Å². The number of nitrogens with zero attached hydrogens (tertiary/aromatic N) is 4. The summed E-state index contributed by atoms with van der Waals surface area (Å²) in [5, 5.41) is 6.88. The van der Waals surface area contributed by atoms with Gasteiger partial charge in [-0.1, -0.05) is 46.3 Å². The second-order valence-corrected chi connectivity index (χ2v) is 10.3. The molecular weight excluding hydrogens is 572 g/mol. The summed E-state index contributed by atoms with van der Waals surface area (Å²) >= 11 is 3.50. The minimum absolute atomic E-state index is 0.286. The van der Waals surface area contributed by atoms with Crippen LogP contribution in [0.2, 0.25) is 0 Å². The Kier molecular flexibility index (Phi) is 6.59. The van der Waals surface area contributed by atoms with Gasteiger partial charge in [0, 0.05) is 32.0 Å². The highest BCUT2D eigenvalue weighted by atomic mass is 79.9. The third-order valence-electron chi connectivity index (χ3n) is 6.97. The minimum Gasteiger partial charge on any atom is -0.464 e. The summed E-state index contributed by atoms with van der Waals surface area (Å²) in [4.78, 5) is 31.2. The fourth-order valence-corrected chi connectivity index (χ4v) is 5.46. The second kappa shape index (κ2) is 10.2. The van der Waals surface area contributed by atoms with Crippen LogP contribution < -0.4 is 5.56 Å². The average molecular weight is 597 g/mol. The normalized spacial score (nSPS) is 12.6. The second-order valence-electron chi connectivity index (χ2n) is 9.42. The maximum absolute atomic E-state index is 13.7. The number of furan rings is 1. The third kappa shape index (κ3) is 4.32. The van der Waals surface area contributed by atoms with Gasteiger partial charge in [0.05, 0.1) is 23.7 Å². The van der Waals surface area contributed by atoms with Gasteiger partial charge < -0.3 is 13.7 Å². The molecule has 40 heavy (non-hydrogen) atoms. The van der Waals surface area contributed by atoms with E-state index in [-0.39, 0.29) is 17.4 Å². The van der Waals surface area contributed by atoms with Crippen molar-refractivity contribution in [3.05, 3.63) is 98.9 Å². The van der Waals surface area contributed by atoms with E-state index in [9.17, 15) is 9.59 Å². The molecule has 0 unspecified atom stereocenters. The summed E-state index contributed by atoms with van der Waals surface area (Å²) in [6.07, 6.45) is 1.65. The molecule has 0 fully saturated rings. The summed E-state index contributed by atoms with van der Waals surface area (Å²) in [5.74, 6) is 0.389. The van der Waals surface area contributed by atoms with Crippen molar-refractivity contribution in [3.63, 3.8) is 0 Å². The van der Waals surface area contributed by atoms with Crippen LogP contribution in [0.25, 0.3) is 44.4 Å². The third-order valence-corrected chi connectivity index (χ3v) is 7.47. The van der Waals surface area contributed by atoms with Crippen molar-refractivity contribution in [1.82, 2.24) is 14.2 Å². The molecule has 0 aliphatic rings. The molecule has 3 heterocycles. The van der Waals surface area contributed by atoms with E-state index in [0.29, 0.717) is 28.9 Å². The molecule has 6 rings (SSSR count). The highest BCUT2D eigenvalue weighted by Crippen LogP contribution is 2.31. The monoisotopic (exact) mass is 596 g/mol. The molecule has 0 radical (unpaired) electrons. The lowest BCUT2D eigenvalue weighted by Gasteiger charge is -2.16. The summed E-state index contributed by atoms with van der Waals surface area (Å²) in [7, 11) is 0. The number of carbonyl (C=O) groups excluding carboxylic acids is 1. The van der Waals surface area contributed by atoms with Crippen LogP contribution in [0, 0.1) is 6.92 Å². The van der Waals surface area contributed by atoms with Gasteiger partial charge in [-0.25, -0.2) is 9.78 Å². The molecule has 0 N–H and O–H groups in total. The highest BCUT2D eigenvalue weighted by Gasteiger charge is 2.23. The Balaban J connectivity index is 1.55. The van der Waals surface area contributed by atoms with E-state index in [1.54, 1.807) is 31.3 Å². The van der Waals surface area contributed by atoms with E-state index >= 15 is 0 Å². The number of esters is 1. The molecular formula is C31H25BrN4O4. The van der Waals surface area contributed by atoms with Crippen LogP contribution in [0.1, 0.15) is 31.1 Å². The van der Waals surface area contributed by atoms with Gasteiger partial charge in [0.25, 0.3) is 5.56 Å². The van der Waals surface area contributed by atoms with Crippen LogP contribution in [0.5, 0.6) is 0 Å². The Bertz CT molecular complexity index is 2020. The first-order chi connectivity index (χ1) is 19.4. The molecule has 1 atom stereocenters. The first-order valence-corrected chi connectivity index (χ1v) is 13.7. The molecule has 6 aromatic rings. The summed E-state index contributed by atoms with van der Waals surface area (Å²) in [6.45, 7) is 5.83. The average Bonchev–Trinajstić information content (AvgIpc) is 3.50. The summed E-state index contributed by atoms with van der Waals surface area (Å²) < 4.78 is 15.5. The molecule has 9 heteroatoms. The largest absolute Gasteiger partial charge is 0.464 e. The molecule has 0 aliphatic heterocycles. The van der Waals surface area contributed by atoms with Crippen LogP contribution in [0.4, 0.5) is 0 Å². The van der Waals surface area contributed by atoms with Crippen LogP contribution in [0.15, 0.2) is 91.6 Å². The Morgan fingerprint density at radius 1 is 1.10 bits per heavy atom. The lowest BCUT2D eigenvalue weighted by Crippen LogP contribution is -2.21. The van der Waals surface area contributed by atoms with E-state index in [2.05, 4.69) is 21.0 Å². The van der Waals surface area contributed by atoms with Gasteiger partial charge in [-0.15, -0.1) is 0 Å². The van der Waals surface area contributed by atoms with Gasteiger partial charge in [-0.2, -0.15) is 9.78 Å². The molecule has 3 aromatic heterocycles. The molecule has 8 nitrogen and oxygen atoms in total. The van der Waals surface area contributed by atoms with Crippen LogP contribution in [-0.2, 0) is 9.53 Å². The van der Waals surface area contributed by atoms with Crippen molar-refractivity contribution >= 4 is 60.9 Å². The fourth-order valence-electron chi connectivity index (χ4n) is 5.08. The van der Waals surface area contributed by atoms with Crippen LogP contribution in [-0.4, -0.2) is 33.0 Å². The Labute approximate surface area is 237 Å². The molecule has 0 saturated carbocycles. The first kappa shape index (κ1) is 25.8. The van der Waals surface area contributed by atoms with Gasteiger partial charge >= 0.3 is 5.97 Å². The molecule has 3 aromatic carbocycles. The highest BCUT2D eigenvalue weighted by molar-refractivity contribution is 9.10. The lowest BCUT2D eigenvalue weighted by molar-refractivity contribution is -0.146. The topological polar surface area (TPSA) is 91.6 Å². The number of para-hydroxylation sites is 2. The van der Waals surface area contributed by atoms with Crippen molar-refractivity contribution in [3.8, 4) is 11.6 Å². The number of carbonyl (C=O) groups is 1. The quantitative estimate of drug-likeness (QED) is 0.155. The Hall–Kier alpha value is -4.50. The van der Waals surface area contributed by atoms with Crippen LogP contribution >= 0.6 is 15.9 Å². The minimum atomic E-state index is -0.539. The van der Waals surface area contributed by atoms with Crippen molar-refractivity contribution in [1.29, 1.82) is 0 Å². The molecule has 200 valence electrons. The molecule has 0 spiro atoms. The van der Waals surface area contributed by atoms with Crippen molar-refractivity contribution in [2.45, 2.75) is 26.8 Å². The SMILES string of the molecule is CCOC(=O)[C@H](C)n1c(C)c(C=Nn2c(-c3cc4cc(Br)ccc4o3)nc3ccccc3c2=O)c2ccccc21. The molecule has 0 aliphatic carbocycles. The van der Waals surface area contributed by atoms with E-state index in [0.717, 1.165) is 32.0 Å². The molecule has 0 saturated heterocycles. The van der Waals surface area contributed by atoms with Gasteiger partial charge in [0.1, 0.15) is 11.6 Å². The number of ether oxygens (including phenoxy) is 1. The predicted molar refractivity (Wildman–Crippen MR) is 160 cm³/mol. The number of rotatable bonds is 6. The summed E-state index contributed by atoms with van der Waals surface area (Å²) in [5.41, 5.74) is 3.37. The fraction of sp³-hybridized carbons (Fsp3) is 0.161. The maximum atomic E-state index is 13.7. The number of halogens is 1. The van der Waals surface area contributed by atoms with E-state index < -0.39 is 6.04 Å². The van der Waals surface area contributed by atoms with Gasteiger partial charge in [-0.3, -0.25) is 4.79 Å². The van der Waals surface area contributed by atoms with E-state index in [1.807, 2.05) is 73.0 Å². The predicted octanol–water partition coefficient (Wildman–Crippen LogP) is 6.84. The van der Waals surface area contributed by atoms with Crippen LogP contribution in [0.3, 0.4) is 0 Å². The number of benzene rings is 3. The molecule has 0 amide bonds. The number of fused-ring (bicyclic) bond motifs is 3. The lowest BCUT2D eigenvalue weighted by atomic mass is 10.1. The smallest absolute Gasteiger partial charge is 0.328 e. The van der Waals surface area contributed by atoms with Gasteiger partial charge in [-0.05, 0) is 63.2 Å². The van der Waals surface area contributed by atoms with Gasteiger partial charge in [0.15, 0.2) is 5.76 Å². The Morgan fingerprint density at radius 3 is 2.65 bits per heavy atom. The summed E-state index contributed by atoms with van der Waals surface area (Å²) in [6, 6.07) is 21.9. The zero-order chi connectivity index (χ0) is 28.0. The Morgan fingerprint density at radius 2 is 1.85 bits per heavy atom. The van der Waals surface area contributed by atoms with Crippen molar-refractivity contribution < 1.29 is 13.9 Å². The number of hydrogen-bond donors (Lipinski definition) is 0. The molecule has 0 bridgehead atoms. The number of hydrogen-bond acceptors (Lipinski definition) is 6. The zero-order valence-electron chi connectivity index (χ0n) is 22.1. The first-order valence-electron chi connectivity index (χ1n) is 12.9. The number of aromatic nitrogens is 3. The maximum Gasteiger partial charge on any atom is 0.328 e. The van der Waals surface area contributed by atoms with E-state index in [1.165, 1.54) is 4.68 Å². The van der Waals surface area contributed by atoms with Crippen molar-refractivity contribution in [2.24, 2.45) is 5.10 Å². The zero-order valence-corrected chi connectivity index (χ0v) is 23.7. The van der Waals surface area contributed by atoms with E-state index in [4.69, 9.17) is 14.1 Å². The standard InChI is InChI=1S/C31H25BrN4O4/c1-4-39-31(38)19(3)35-18(2)24(22-9-6-8-12-26(22)35)17-33-36-29(34-25-11-7-5-10-23(25)30(36)37)28-16-20-15-21(32)13-14-27(20)40-28/h5-17,19H,4H2,1-3H3/t19-/m0/s1. The van der Waals surface area contributed by atoms with Gasteiger partial charge in [0.2, 0.25) is 5.82 Å².